The Kier molecular flexibility index (Phi) is 2.91. The number of rotatable bonds is 0. The Bertz CT molecular complexity index is 281. The lowest BCUT2D eigenvalue weighted by molar-refractivity contribution is 0.808. The summed E-state index contributed by atoms with van der Waals surface area (Å²) in [6, 6.07) is 2.08. The average Bonchev–Trinajstić information content (AvgIpc) is 2.53. The zero-order chi connectivity index (χ0) is 8.97. The van der Waals surface area contributed by atoms with Crippen molar-refractivity contribution >= 4 is 5.69 Å². The molecular formula is C9H13N3. The van der Waals surface area contributed by atoms with Crippen LogP contribution < -0.4 is 0 Å². The second-order valence-corrected chi connectivity index (χ2v) is 2.33. The first-order chi connectivity index (χ1) is 5.88. The van der Waals surface area contributed by atoms with Gasteiger partial charge in [-0.05, 0) is 13.0 Å². The lowest BCUT2D eigenvalue weighted by atomic mass is 10.1. The molecule has 0 aromatic carbocycles. The SMILES string of the molecule is CC.CC1N=Nc2ccncc21. The van der Waals surface area contributed by atoms with Crippen molar-refractivity contribution in [2.75, 3.05) is 0 Å². The molecular weight excluding hydrogens is 150 g/mol. The van der Waals surface area contributed by atoms with Gasteiger partial charge in [0.05, 0.1) is 11.7 Å². The van der Waals surface area contributed by atoms with Gasteiger partial charge in [-0.15, -0.1) is 0 Å². The molecule has 0 spiro atoms. The zero-order valence-electron chi connectivity index (χ0n) is 7.65. The van der Waals surface area contributed by atoms with Crippen molar-refractivity contribution in [2.24, 2.45) is 10.2 Å². The van der Waals surface area contributed by atoms with E-state index in [1.165, 1.54) is 0 Å². The first kappa shape index (κ1) is 8.84. The van der Waals surface area contributed by atoms with Crippen LogP contribution in [0.1, 0.15) is 32.4 Å². The number of hydrogen-bond donors (Lipinski definition) is 0. The molecule has 3 nitrogen and oxygen atoms in total. The van der Waals surface area contributed by atoms with Crippen LogP contribution in [0.25, 0.3) is 0 Å². The molecule has 0 radical (unpaired) electrons. The van der Waals surface area contributed by atoms with Crippen LogP contribution >= 0.6 is 0 Å². The van der Waals surface area contributed by atoms with Crippen LogP contribution in [0.5, 0.6) is 0 Å². The Labute approximate surface area is 72.6 Å². The number of nitrogens with zero attached hydrogens (tertiary/aromatic N) is 3. The fourth-order valence-corrected chi connectivity index (χ4v) is 1.02. The monoisotopic (exact) mass is 163 g/mol. The van der Waals surface area contributed by atoms with Gasteiger partial charge in [-0.1, -0.05) is 13.8 Å². The molecule has 1 atom stereocenters. The predicted molar refractivity (Wildman–Crippen MR) is 48.5 cm³/mol. The maximum absolute atomic E-state index is 3.99. The lowest BCUT2D eigenvalue weighted by Crippen LogP contribution is -1.83. The van der Waals surface area contributed by atoms with E-state index in [0.717, 1.165) is 11.3 Å². The van der Waals surface area contributed by atoms with Crippen LogP contribution in [0.2, 0.25) is 0 Å². The quantitative estimate of drug-likeness (QED) is 0.578. The second kappa shape index (κ2) is 3.95. The van der Waals surface area contributed by atoms with Gasteiger partial charge < -0.3 is 0 Å². The molecule has 0 saturated heterocycles. The second-order valence-electron chi connectivity index (χ2n) is 2.33. The Morgan fingerprint density at radius 3 is 2.75 bits per heavy atom. The number of pyridine rings is 1. The summed E-state index contributed by atoms with van der Waals surface area (Å²) < 4.78 is 0. The summed E-state index contributed by atoms with van der Waals surface area (Å²) in [6.07, 6.45) is 3.55. The van der Waals surface area contributed by atoms with Gasteiger partial charge in [-0.2, -0.15) is 10.2 Å². The van der Waals surface area contributed by atoms with Crippen LogP contribution in [0.3, 0.4) is 0 Å². The maximum Gasteiger partial charge on any atom is 0.0970 e. The minimum Gasteiger partial charge on any atom is -0.264 e. The Hall–Kier alpha value is -1.25. The molecule has 3 heteroatoms. The number of fused-ring (bicyclic) bond motifs is 1. The van der Waals surface area contributed by atoms with Crippen molar-refractivity contribution in [3.05, 3.63) is 24.0 Å². The summed E-state index contributed by atoms with van der Waals surface area (Å²) in [4.78, 5) is 3.99. The predicted octanol–water partition coefficient (Wildman–Crippen LogP) is 3.27. The van der Waals surface area contributed by atoms with Crippen LogP contribution in [0.4, 0.5) is 5.69 Å². The van der Waals surface area contributed by atoms with Crippen molar-refractivity contribution in [1.82, 2.24) is 4.98 Å². The Morgan fingerprint density at radius 2 is 2.08 bits per heavy atom. The van der Waals surface area contributed by atoms with Gasteiger partial charge in [-0.25, -0.2) is 0 Å². The summed E-state index contributed by atoms with van der Waals surface area (Å²) in [5.41, 5.74) is 2.09. The largest absolute Gasteiger partial charge is 0.264 e. The molecule has 2 rings (SSSR count). The van der Waals surface area contributed by atoms with E-state index in [1.54, 1.807) is 6.20 Å². The first-order valence-corrected chi connectivity index (χ1v) is 4.22. The smallest absolute Gasteiger partial charge is 0.0970 e. The van der Waals surface area contributed by atoms with E-state index in [0.29, 0.717) is 0 Å². The van der Waals surface area contributed by atoms with E-state index >= 15 is 0 Å². The van der Waals surface area contributed by atoms with E-state index in [-0.39, 0.29) is 6.04 Å². The normalized spacial score (nSPS) is 18.1. The van der Waals surface area contributed by atoms with Gasteiger partial charge in [0.2, 0.25) is 0 Å². The summed E-state index contributed by atoms with van der Waals surface area (Å²) in [7, 11) is 0. The summed E-state index contributed by atoms with van der Waals surface area (Å²) in [5.74, 6) is 0. The standard InChI is InChI=1S/C7H7N3.C2H6/c1-5-6-4-8-3-2-7(6)10-9-5;1-2/h2-5H,1H3;1-2H3. The number of aromatic nitrogens is 1. The Morgan fingerprint density at radius 1 is 1.33 bits per heavy atom. The van der Waals surface area contributed by atoms with Crippen LogP contribution in [-0.2, 0) is 0 Å². The van der Waals surface area contributed by atoms with Crippen molar-refractivity contribution in [1.29, 1.82) is 0 Å². The minimum absolute atomic E-state index is 0.198. The van der Waals surface area contributed by atoms with E-state index in [2.05, 4.69) is 15.2 Å². The molecule has 0 N–H and O–H groups in total. The van der Waals surface area contributed by atoms with Gasteiger partial charge in [0, 0.05) is 18.0 Å². The van der Waals surface area contributed by atoms with Crippen molar-refractivity contribution in [2.45, 2.75) is 26.8 Å². The molecule has 1 aromatic heterocycles. The van der Waals surface area contributed by atoms with E-state index in [9.17, 15) is 0 Å². The number of hydrogen-bond acceptors (Lipinski definition) is 3. The van der Waals surface area contributed by atoms with Crippen LogP contribution in [0.15, 0.2) is 28.7 Å². The summed E-state index contributed by atoms with van der Waals surface area (Å²) in [6.45, 7) is 6.01. The Balaban J connectivity index is 0.000000336. The third kappa shape index (κ3) is 1.49. The minimum atomic E-state index is 0.198. The van der Waals surface area contributed by atoms with Crippen LogP contribution in [0, 0.1) is 0 Å². The molecule has 0 fully saturated rings. The third-order valence-corrected chi connectivity index (χ3v) is 1.62. The van der Waals surface area contributed by atoms with Gasteiger partial charge in [0.1, 0.15) is 0 Å². The first-order valence-electron chi connectivity index (χ1n) is 4.22. The average molecular weight is 163 g/mol. The molecule has 1 aromatic rings. The molecule has 0 saturated carbocycles. The highest BCUT2D eigenvalue weighted by Crippen LogP contribution is 2.33. The van der Waals surface area contributed by atoms with Crippen molar-refractivity contribution < 1.29 is 0 Å². The molecule has 1 aliphatic heterocycles. The maximum atomic E-state index is 3.99. The molecule has 0 amide bonds. The molecule has 64 valence electrons. The van der Waals surface area contributed by atoms with Gasteiger partial charge >= 0.3 is 0 Å². The fraction of sp³-hybridized carbons (Fsp3) is 0.444. The molecule has 1 unspecified atom stereocenters. The van der Waals surface area contributed by atoms with E-state index in [1.807, 2.05) is 33.0 Å². The number of azo groups is 1. The third-order valence-electron chi connectivity index (χ3n) is 1.62. The molecule has 0 aliphatic carbocycles. The molecule has 1 aliphatic rings. The van der Waals surface area contributed by atoms with E-state index in [4.69, 9.17) is 0 Å². The molecule has 2 heterocycles. The highest BCUT2D eigenvalue weighted by molar-refractivity contribution is 5.47. The summed E-state index contributed by atoms with van der Waals surface area (Å²) in [5, 5.41) is 7.95. The van der Waals surface area contributed by atoms with E-state index < -0.39 is 0 Å². The molecule has 0 bridgehead atoms. The zero-order valence-corrected chi connectivity index (χ0v) is 7.65. The summed E-state index contributed by atoms with van der Waals surface area (Å²) >= 11 is 0. The fourth-order valence-electron chi connectivity index (χ4n) is 1.02. The highest BCUT2D eigenvalue weighted by atomic mass is 15.2. The van der Waals surface area contributed by atoms with Gasteiger partial charge in [-0.3, -0.25) is 4.98 Å². The van der Waals surface area contributed by atoms with Crippen LogP contribution in [-0.4, -0.2) is 4.98 Å². The highest BCUT2D eigenvalue weighted by Gasteiger charge is 2.14. The van der Waals surface area contributed by atoms with Crippen molar-refractivity contribution in [3.63, 3.8) is 0 Å². The topological polar surface area (TPSA) is 37.6 Å². The van der Waals surface area contributed by atoms with Gasteiger partial charge in [0.25, 0.3) is 0 Å². The molecule has 12 heavy (non-hydrogen) atoms. The van der Waals surface area contributed by atoms with Gasteiger partial charge in [0.15, 0.2) is 0 Å². The van der Waals surface area contributed by atoms with Crippen molar-refractivity contribution in [3.8, 4) is 0 Å². The lowest BCUT2D eigenvalue weighted by Gasteiger charge is -1.96.